The van der Waals surface area contributed by atoms with Gasteiger partial charge in [-0.2, -0.15) is 0 Å². The highest BCUT2D eigenvalue weighted by Gasteiger charge is 2.18. The van der Waals surface area contributed by atoms with Crippen molar-refractivity contribution in [3.63, 3.8) is 0 Å². The van der Waals surface area contributed by atoms with E-state index in [1.807, 2.05) is 0 Å². The maximum atomic E-state index is 10.9. The third kappa shape index (κ3) is 4.38. The Labute approximate surface area is 122 Å². The van der Waals surface area contributed by atoms with Crippen molar-refractivity contribution >= 4 is 23.6 Å². The maximum absolute atomic E-state index is 10.9. The molecule has 6 nitrogen and oxygen atoms in total. The summed E-state index contributed by atoms with van der Waals surface area (Å²) in [4.78, 5) is 19.4. The SMILES string of the molecule is NC(=O)NC(=NCCc1ncccc1Cl)NC1CCC1. The number of carbonyl (C=O) groups is 1. The highest BCUT2D eigenvalue weighted by molar-refractivity contribution is 6.31. The lowest BCUT2D eigenvalue weighted by Gasteiger charge is -2.27. The lowest BCUT2D eigenvalue weighted by Crippen LogP contribution is -2.49. The van der Waals surface area contributed by atoms with Gasteiger partial charge < -0.3 is 11.1 Å². The van der Waals surface area contributed by atoms with E-state index in [0.717, 1.165) is 18.5 Å². The molecule has 7 heteroatoms. The van der Waals surface area contributed by atoms with E-state index >= 15 is 0 Å². The third-order valence-electron chi connectivity index (χ3n) is 3.14. The van der Waals surface area contributed by atoms with E-state index in [1.54, 1.807) is 18.3 Å². The first kappa shape index (κ1) is 14.6. The van der Waals surface area contributed by atoms with Crippen LogP contribution in [0.5, 0.6) is 0 Å². The quantitative estimate of drug-likeness (QED) is 0.580. The molecule has 4 N–H and O–H groups in total. The number of nitrogens with zero attached hydrogens (tertiary/aromatic N) is 2. The van der Waals surface area contributed by atoms with Crippen LogP contribution >= 0.6 is 11.6 Å². The van der Waals surface area contributed by atoms with Crippen molar-refractivity contribution in [3.8, 4) is 0 Å². The summed E-state index contributed by atoms with van der Waals surface area (Å²) in [5.41, 5.74) is 5.92. The van der Waals surface area contributed by atoms with Gasteiger partial charge in [-0.15, -0.1) is 0 Å². The van der Waals surface area contributed by atoms with Gasteiger partial charge in [-0.3, -0.25) is 15.3 Å². The fraction of sp³-hybridized carbons (Fsp3) is 0.462. The summed E-state index contributed by atoms with van der Waals surface area (Å²) in [5.74, 6) is 0.425. The van der Waals surface area contributed by atoms with Gasteiger partial charge in [0.1, 0.15) is 0 Å². The summed E-state index contributed by atoms with van der Waals surface area (Å²) in [5, 5.41) is 6.30. The predicted octanol–water partition coefficient (Wildman–Crippen LogP) is 1.44. The Kier molecular flexibility index (Phi) is 5.17. The molecule has 1 heterocycles. The molecule has 2 amide bonds. The molecule has 1 fully saturated rings. The molecular formula is C13H18ClN5O. The average Bonchev–Trinajstić information content (AvgIpc) is 2.35. The summed E-state index contributed by atoms with van der Waals surface area (Å²) in [6.07, 6.45) is 5.68. The number of guanidine groups is 1. The largest absolute Gasteiger partial charge is 0.353 e. The van der Waals surface area contributed by atoms with Gasteiger partial charge in [0, 0.05) is 25.2 Å². The topological polar surface area (TPSA) is 92.4 Å². The number of aliphatic imine (C=N–C) groups is 1. The molecule has 0 unspecified atom stereocenters. The van der Waals surface area contributed by atoms with Crippen molar-refractivity contribution in [2.75, 3.05) is 6.54 Å². The summed E-state index contributed by atoms with van der Waals surface area (Å²) in [6, 6.07) is 3.33. The Morgan fingerprint density at radius 1 is 1.55 bits per heavy atom. The second-order valence-corrected chi connectivity index (χ2v) is 5.08. The van der Waals surface area contributed by atoms with Gasteiger partial charge in [-0.25, -0.2) is 4.79 Å². The molecule has 1 aromatic heterocycles. The van der Waals surface area contributed by atoms with Gasteiger partial charge in [0.2, 0.25) is 0 Å². The van der Waals surface area contributed by atoms with E-state index in [0.29, 0.717) is 30.0 Å². The van der Waals surface area contributed by atoms with Crippen LogP contribution in [0.4, 0.5) is 4.79 Å². The molecule has 1 aliphatic rings. The molecule has 1 saturated carbocycles. The summed E-state index contributed by atoms with van der Waals surface area (Å²) < 4.78 is 0. The van der Waals surface area contributed by atoms with Crippen LogP contribution < -0.4 is 16.4 Å². The highest BCUT2D eigenvalue weighted by atomic mass is 35.5. The molecule has 0 aliphatic heterocycles. The van der Waals surface area contributed by atoms with Crippen molar-refractivity contribution in [3.05, 3.63) is 29.0 Å². The Bertz CT molecular complexity index is 501. The number of nitrogens with two attached hydrogens (primary N) is 1. The number of pyridine rings is 1. The minimum atomic E-state index is -0.619. The number of aromatic nitrogens is 1. The van der Waals surface area contributed by atoms with Crippen LogP contribution in [0.25, 0.3) is 0 Å². The second-order valence-electron chi connectivity index (χ2n) is 4.67. The third-order valence-corrected chi connectivity index (χ3v) is 3.48. The first-order valence-corrected chi connectivity index (χ1v) is 7.00. The fourth-order valence-corrected chi connectivity index (χ4v) is 2.08. The second kappa shape index (κ2) is 7.09. The van der Waals surface area contributed by atoms with E-state index in [4.69, 9.17) is 17.3 Å². The predicted molar refractivity (Wildman–Crippen MR) is 78.7 cm³/mol. The average molecular weight is 296 g/mol. The van der Waals surface area contributed by atoms with Crippen LogP contribution in [-0.2, 0) is 6.42 Å². The maximum Gasteiger partial charge on any atom is 0.318 e. The van der Waals surface area contributed by atoms with Crippen LogP contribution in [0.15, 0.2) is 23.3 Å². The first-order chi connectivity index (χ1) is 9.65. The number of halogens is 1. The molecule has 2 rings (SSSR count). The molecule has 0 atom stereocenters. The molecule has 0 radical (unpaired) electrons. The Balaban J connectivity index is 1.90. The fourth-order valence-electron chi connectivity index (χ4n) is 1.86. The summed E-state index contributed by atoms with van der Waals surface area (Å²) in [6.45, 7) is 0.478. The van der Waals surface area contributed by atoms with Gasteiger partial charge in [0.05, 0.1) is 10.7 Å². The smallest absolute Gasteiger partial charge is 0.318 e. The number of urea groups is 1. The van der Waals surface area contributed by atoms with Crippen LogP contribution in [0.3, 0.4) is 0 Å². The zero-order valence-corrected chi connectivity index (χ0v) is 11.9. The molecule has 0 bridgehead atoms. The first-order valence-electron chi connectivity index (χ1n) is 6.62. The number of carbonyl (C=O) groups excluding carboxylic acids is 1. The minimum absolute atomic E-state index is 0.374. The Morgan fingerprint density at radius 3 is 2.95 bits per heavy atom. The van der Waals surface area contributed by atoms with Crippen molar-refractivity contribution in [2.24, 2.45) is 10.7 Å². The number of hydrogen-bond donors (Lipinski definition) is 3. The van der Waals surface area contributed by atoms with Crippen molar-refractivity contribution in [2.45, 2.75) is 31.7 Å². The number of hydrogen-bond acceptors (Lipinski definition) is 3. The minimum Gasteiger partial charge on any atom is -0.353 e. The summed E-state index contributed by atoms with van der Waals surface area (Å²) >= 11 is 6.02. The van der Waals surface area contributed by atoms with Crippen LogP contribution in [0.2, 0.25) is 5.02 Å². The van der Waals surface area contributed by atoms with E-state index in [-0.39, 0.29) is 0 Å². The van der Waals surface area contributed by atoms with Crippen LogP contribution in [0.1, 0.15) is 25.0 Å². The normalized spacial score (nSPS) is 15.6. The van der Waals surface area contributed by atoms with Crippen molar-refractivity contribution < 1.29 is 4.79 Å². The zero-order valence-electron chi connectivity index (χ0n) is 11.1. The van der Waals surface area contributed by atoms with Crippen LogP contribution in [0, 0.1) is 0 Å². The number of rotatable bonds is 4. The standard InChI is InChI=1S/C13H18ClN5O/c14-10-5-2-7-16-11(10)6-8-17-13(19-12(15)20)18-9-3-1-4-9/h2,5,7,9H,1,3-4,6,8H2,(H4,15,17,18,19,20). The van der Waals surface area contributed by atoms with E-state index in [9.17, 15) is 4.79 Å². The molecule has 0 saturated heterocycles. The highest BCUT2D eigenvalue weighted by Crippen LogP contribution is 2.17. The number of nitrogens with one attached hydrogen (secondary N) is 2. The monoisotopic (exact) mass is 295 g/mol. The Morgan fingerprint density at radius 2 is 2.35 bits per heavy atom. The van der Waals surface area contributed by atoms with E-state index in [1.165, 1.54) is 6.42 Å². The molecule has 0 spiro atoms. The molecule has 108 valence electrons. The lowest BCUT2D eigenvalue weighted by atomic mass is 9.93. The molecule has 1 aliphatic carbocycles. The van der Waals surface area contributed by atoms with Crippen molar-refractivity contribution in [1.29, 1.82) is 0 Å². The Hall–Kier alpha value is -1.82. The molecular weight excluding hydrogens is 278 g/mol. The number of primary amides is 1. The van der Waals surface area contributed by atoms with Gasteiger partial charge in [-0.05, 0) is 31.4 Å². The molecule has 1 aromatic rings. The van der Waals surface area contributed by atoms with Gasteiger partial charge in [0.15, 0.2) is 5.96 Å². The lowest BCUT2D eigenvalue weighted by molar-refractivity contribution is 0.252. The van der Waals surface area contributed by atoms with Crippen LogP contribution in [-0.4, -0.2) is 29.6 Å². The van der Waals surface area contributed by atoms with E-state index in [2.05, 4.69) is 20.6 Å². The van der Waals surface area contributed by atoms with Gasteiger partial charge in [0.25, 0.3) is 0 Å². The molecule has 0 aromatic carbocycles. The number of amides is 2. The van der Waals surface area contributed by atoms with Gasteiger partial charge in [-0.1, -0.05) is 11.6 Å². The zero-order chi connectivity index (χ0) is 14.4. The van der Waals surface area contributed by atoms with E-state index < -0.39 is 6.03 Å². The van der Waals surface area contributed by atoms with Crippen molar-refractivity contribution in [1.82, 2.24) is 15.6 Å². The summed E-state index contributed by atoms with van der Waals surface area (Å²) in [7, 11) is 0. The van der Waals surface area contributed by atoms with Gasteiger partial charge >= 0.3 is 6.03 Å². The molecule has 20 heavy (non-hydrogen) atoms.